The lowest BCUT2D eigenvalue weighted by molar-refractivity contribution is -0.142. The molecule has 1 fully saturated rings. The maximum absolute atomic E-state index is 12.5. The zero-order chi connectivity index (χ0) is 16.5. The van der Waals surface area contributed by atoms with Crippen LogP contribution in [0.25, 0.3) is 0 Å². The summed E-state index contributed by atoms with van der Waals surface area (Å²) in [5.74, 6) is -2.31. The van der Waals surface area contributed by atoms with E-state index >= 15 is 0 Å². The third-order valence-electron chi connectivity index (χ3n) is 3.63. The maximum atomic E-state index is 12.5. The molecule has 0 radical (unpaired) electrons. The van der Waals surface area contributed by atoms with Crippen molar-refractivity contribution in [2.45, 2.75) is 24.9 Å². The normalized spacial score (nSPS) is 19.8. The number of hydrogen-bond acceptors (Lipinski definition) is 6. The monoisotopic (exact) mass is 331 g/mol. The van der Waals surface area contributed by atoms with Gasteiger partial charge in [-0.15, -0.1) is 0 Å². The van der Waals surface area contributed by atoms with Crippen molar-refractivity contribution in [1.29, 1.82) is 0 Å². The second-order valence-corrected chi connectivity index (χ2v) is 6.94. The van der Waals surface area contributed by atoms with Crippen LogP contribution in [-0.2, 0) is 19.6 Å². The number of piperidine rings is 1. The summed E-state index contributed by atoms with van der Waals surface area (Å²) >= 11 is 0. The minimum Gasteiger partial charge on any atom is -0.481 e. The first-order valence-corrected chi connectivity index (χ1v) is 8.13. The number of furan rings is 1. The Kier molecular flexibility index (Phi) is 4.57. The van der Waals surface area contributed by atoms with Gasteiger partial charge in [-0.3, -0.25) is 4.79 Å². The Balaban J connectivity index is 2.30. The number of aliphatic carboxylic acids is 1. The smallest absolute Gasteiger partial charge is 0.341 e. The fraction of sp³-hybridized carbons (Fsp3) is 0.538. The molecule has 1 aromatic heterocycles. The van der Waals surface area contributed by atoms with Crippen LogP contribution in [0, 0.1) is 12.8 Å². The number of rotatable bonds is 4. The molecule has 1 N–H and O–H groups in total. The summed E-state index contributed by atoms with van der Waals surface area (Å²) in [5.41, 5.74) is 0.0351. The zero-order valence-electron chi connectivity index (χ0n) is 12.2. The lowest BCUT2D eigenvalue weighted by atomic mass is 10.0. The van der Waals surface area contributed by atoms with Crippen molar-refractivity contribution in [1.82, 2.24) is 4.31 Å². The van der Waals surface area contributed by atoms with Crippen LogP contribution in [0.1, 0.15) is 29.0 Å². The van der Waals surface area contributed by atoms with Gasteiger partial charge in [-0.25, -0.2) is 13.2 Å². The second-order valence-electron chi connectivity index (χ2n) is 5.07. The molecule has 9 heteroatoms. The van der Waals surface area contributed by atoms with Gasteiger partial charge in [0, 0.05) is 19.2 Å². The molecule has 2 rings (SSSR count). The number of carbonyl (C=O) groups excluding carboxylic acids is 1. The van der Waals surface area contributed by atoms with E-state index in [1.165, 1.54) is 14.0 Å². The fourth-order valence-electron chi connectivity index (χ4n) is 2.38. The quantitative estimate of drug-likeness (QED) is 0.814. The van der Waals surface area contributed by atoms with Crippen LogP contribution >= 0.6 is 0 Å². The van der Waals surface area contributed by atoms with Crippen LogP contribution < -0.4 is 0 Å². The molecule has 22 heavy (non-hydrogen) atoms. The molecule has 0 spiro atoms. The number of carboxylic acid groups (broad SMARTS) is 1. The Hall–Kier alpha value is -1.87. The van der Waals surface area contributed by atoms with Crippen molar-refractivity contribution in [2.75, 3.05) is 20.2 Å². The fourth-order valence-corrected chi connectivity index (χ4v) is 3.88. The summed E-state index contributed by atoms with van der Waals surface area (Å²) in [6.07, 6.45) is 0.895. The number of carboxylic acids is 1. The number of hydrogen-bond donors (Lipinski definition) is 1. The number of carbonyl (C=O) groups is 2. The van der Waals surface area contributed by atoms with E-state index < -0.39 is 27.9 Å². The van der Waals surface area contributed by atoms with Crippen LogP contribution in [0.5, 0.6) is 0 Å². The third-order valence-corrected chi connectivity index (χ3v) is 5.35. The van der Waals surface area contributed by atoms with Crippen molar-refractivity contribution in [3.05, 3.63) is 17.4 Å². The highest BCUT2D eigenvalue weighted by atomic mass is 32.2. The largest absolute Gasteiger partial charge is 0.481 e. The van der Waals surface area contributed by atoms with Gasteiger partial charge in [-0.05, 0) is 19.8 Å². The summed E-state index contributed by atoms with van der Waals surface area (Å²) in [4.78, 5) is 22.6. The molecule has 0 amide bonds. The first-order chi connectivity index (χ1) is 10.3. The van der Waals surface area contributed by atoms with E-state index in [0.717, 1.165) is 10.4 Å². The molecule has 0 aromatic carbocycles. The lowest BCUT2D eigenvalue weighted by Crippen LogP contribution is -2.42. The van der Waals surface area contributed by atoms with Crippen LogP contribution in [0.4, 0.5) is 0 Å². The summed E-state index contributed by atoms with van der Waals surface area (Å²) in [5, 5.41) is 8.66. The molecule has 8 nitrogen and oxygen atoms in total. The molecule has 1 aliphatic heterocycles. The highest BCUT2D eigenvalue weighted by Gasteiger charge is 2.36. The Morgan fingerprint density at radius 2 is 2.14 bits per heavy atom. The zero-order valence-corrected chi connectivity index (χ0v) is 13.1. The van der Waals surface area contributed by atoms with Crippen molar-refractivity contribution in [2.24, 2.45) is 5.92 Å². The van der Waals surface area contributed by atoms with Gasteiger partial charge in [0.1, 0.15) is 11.3 Å². The molecular weight excluding hydrogens is 314 g/mol. The van der Waals surface area contributed by atoms with E-state index in [-0.39, 0.29) is 29.5 Å². The number of esters is 1. The first-order valence-electron chi connectivity index (χ1n) is 6.69. The Morgan fingerprint density at radius 3 is 2.73 bits per heavy atom. The predicted molar refractivity (Wildman–Crippen MR) is 73.9 cm³/mol. The van der Waals surface area contributed by atoms with Crippen molar-refractivity contribution in [3.8, 4) is 0 Å². The highest BCUT2D eigenvalue weighted by Crippen LogP contribution is 2.27. The van der Waals surface area contributed by atoms with Gasteiger partial charge in [0.25, 0.3) is 10.0 Å². The lowest BCUT2D eigenvalue weighted by Gasteiger charge is -2.28. The molecule has 1 atom stereocenters. The topological polar surface area (TPSA) is 114 Å². The minimum absolute atomic E-state index is 0.0351. The van der Waals surface area contributed by atoms with Crippen LogP contribution in [0.2, 0.25) is 0 Å². The molecule has 1 aromatic rings. The van der Waals surface area contributed by atoms with Gasteiger partial charge in [-0.2, -0.15) is 4.31 Å². The van der Waals surface area contributed by atoms with E-state index in [1.54, 1.807) is 0 Å². The van der Waals surface area contributed by atoms with E-state index in [2.05, 4.69) is 4.74 Å². The molecule has 0 saturated carbocycles. The maximum Gasteiger partial charge on any atom is 0.341 e. The number of aryl methyl sites for hydroxylation is 1. The number of ether oxygens (including phenoxy) is 1. The Labute approximate surface area is 127 Å². The summed E-state index contributed by atoms with van der Waals surface area (Å²) in [6, 6.07) is 1.11. The summed E-state index contributed by atoms with van der Waals surface area (Å²) in [6.45, 7) is 1.58. The predicted octanol–water partition coefficient (Wildman–Crippen LogP) is 0.860. The Morgan fingerprint density at radius 1 is 1.45 bits per heavy atom. The molecule has 1 saturated heterocycles. The van der Waals surface area contributed by atoms with E-state index in [1.807, 2.05) is 0 Å². The number of sulfonamides is 1. The minimum atomic E-state index is -3.98. The molecule has 0 aliphatic carbocycles. The van der Waals surface area contributed by atoms with E-state index in [9.17, 15) is 18.0 Å². The van der Waals surface area contributed by atoms with Crippen LogP contribution in [0.15, 0.2) is 15.6 Å². The molecule has 1 unspecified atom stereocenters. The van der Waals surface area contributed by atoms with Gasteiger partial charge in [0.2, 0.25) is 5.09 Å². The molecule has 2 heterocycles. The molecule has 1 aliphatic rings. The molecular formula is C13H17NO7S. The van der Waals surface area contributed by atoms with Crippen LogP contribution in [0.3, 0.4) is 0 Å². The van der Waals surface area contributed by atoms with Gasteiger partial charge in [0.15, 0.2) is 0 Å². The van der Waals surface area contributed by atoms with Gasteiger partial charge >= 0.3 is 11.9 Å². The average molecular weight is 331 g/mol. The second kappa shape index (κ2) is 6.09. The number of nitrogens with zero attached hydrogens (tertiary/aromatic N) is 1. The standard InChI is InChI=1S/C13H17NO7S/c1-8-10(13(17)20-2)6-11(21-8)22(18,19)14-5-3-4-9(7-14)12(15)16/h6,9H,3-5,7H2,1-2H3,(H,15,16). The van der Waals surface area contributed by atoms with Crippen molar-refractivity contribution < 1.29 is 32.3 Å². The van der Waals surface area contributed by atoms with Crippen molar-refractivity contribution in [3.63, 3.8) is 0 Å². The average Bonchev–Trinajstić information content (AvgIpc) is 2.89. The van der Waals surface area contributed by atoms with Gasteiger partial charge < -0.3 is 14.3 Å². The van der Waals surface area contributed by atoms with E-state index in [4.69, 9.17) is 9.52 Å². The number of methoxy groups -OCH3 is 1. The third kappa shape index (κ3) is 3.00. The highest BCUT2D eigenvalue weighted by molar-refractivity contribution is 7.89. The SMILES string of the molecule is COC(=O)c1cc(S(=O)(=O)N2CCCC(C(=O)O)C2)oc1C. The Bertz CT molecular complexity index is 691. The van der Waals surface area contributed by atoms with Gasteiger partial charge in [0.05, 0.1) is 13.0 Å². The van der Waals surface area contributed by atoms with Crippen molar-refractivity contribution >= 4 is 22.0 Å². The summed E-state index contributed by atoms with van der Waals surface area (Å²) < 4.78 is 35.8. The van der Waals surface area contributed by atoms with Gasteiger partial charge in [-0.1, -0.05) is 0 Å². The van der Waals surface area contributed by atoms with Crippen LogP contribution in [-0.4, -0.2) is 50.0 Å². The molecule has 122 valence electrons. The van der Waals surface area contributed by atoms with E-state index in [0.29, 0.717) is 12.8 Å². The summed E-state index contributed by atoms with van der Waals surface area (Å²) in [7, 11) is -2.79. The first kappa shape index (κ1) is 16.5. The molecule has 0 bridgehead atoms.